The fourth-order valence-electron chi connectivity index (χ4n) is 3.83. The van der Waals surface area contributed by atoms with Crippen LogP contribution in [0.15, 0.2) is 42.6 Å². The summed E-state index contributed by atoms with van der Waals surface area (Å²) in [6.07, 6.45) is 4.80. The number of hydrogen-bond donors (Lipinski definition) is 1. The molecule has 6 nitrogen and oxygen atoms in total. The number of amides is 1. The number of nitrogens with zero attached hydrogens (tertiary/aromatic N) is 4. The molecule has 1 saturated heterocycles. The van der Waals surface area contributed by atoms with E-state index >= 15 is 0 Å². The lowest BCUT2D eigenvalue weighted by Crippen LogP contribution is -2.42. The van der Waals surface area contributed by atoms with Gasteiger partial charge in [-0.3, -0.25) is 4.79 Å². The summed E-state index contributed by atoms with van der Waals surface area (Å²) in [4.78, 5) is 24.3. The maximum absolute atomic E-state index is 13.4. The van der Waals surface area contributed by atoms with E-state index < -0.39 is 0 Å². The highest BCUT2D eigenvalue weighted by Crippen LogP contribution is 2.31. The Kier molecular flexibility index (Phi) is 5.13. The fraction of sp³-hybridized carbons (Fsp3) is 0.304. The lowest BCUT2D eigenvalue weighted by Gasteiger charge is -2.34. The van der Waals surface area contributed by atoms with Crippen LogP contribution in [0.1, 0.15) is 47.8 Å². The maximum atomic E-state index is 13.4. The van der Waals surface area contributed by atoms with E-state index in [0.29, 0.717) is 22.5 Å². The summed E-state index contributed by atoms with van der Waals surface area (Å²) in [5.74, 6) is -0.0221. The molecule has 0 bridgehead atoms. The van der Waals surface area contributed by atoms with E-state index in [1.807, 2.05) is 36.1 Å². The van der Waals surface area contributed by atoms with Crippen molar-refractivity contribution in [2.75, 3.05) is 11.9 Å². The van der Waals surface area contributed by atoms with Gasteiger partial charge in [0.25, 0.3) is 5.91 Å². The van der Waals surface area contributed by atoms with Crippen LogP contribution in [0.5, 0.6) is 0 Å². The number of carbonyl (C=O) groups excluding carboxylic acids is 1. The molecule has 1 N–H and O–H groups in total. The molecule has 0 spiro atoms. The first-order chi connectivity index (χ1) is 14.1. The lowest BCUT2D eigenvalue weighted by atomic mass is 10.0. The molecule has 146 valence electrons. The summed E-state index contributed by atoms with van der Waals surface area (Å²) in [7, 11) is 0. The first-order valence-corrected chi connectivity index (χ1v) is 9.91. The molecule has 4 rings (SSSR count). The van der Waals surface area contributed by atoms with Crippen LogP contribution in [0.3, 0.4) is 0 Å². The number of fused-ring (bicyclic) bond motifs is 1. The summed E-state index contributed by atoms with van der Waals surface area (Å²) in [6.45, 7) is 4.77. The van der Waals surface area contributed by atoms with E-state index in [4.69, 9.17) is 0 Å². The number of likely N-dealkylation sites (tertiary alicyclic amines) is 1. The molecule has 3 aromatic rings. The minimum Gasteiger partial charge on any atom is -0.354 e. The zero-order valence-corrected chi connectivity index (χ0v) is 16.6. The highest BCUT2D eigenvalue weighted by atomic mass is 16.2. The summed E-state index contributed by atoms with van der Waals surface area (Å²) in [5.41, 5.74) is 3.97. The topological polar surface area (TPSA) is 81.9 Å². The molecule has 6 heteroatoms. The number of benzene rings is 1. The first-order valence-electron chi connectivity index (χ1n) is 9.91. The van der Waals surface area contributed by atoms with Gasteiger partial charge in [0.1, 0.15) is 0 Å². The molecule has 1 aliphatic rings. The third-order valence-corrected chi connectivity index (χ3v) is 5.42. The Morgan fingerprint density at radius 3 is 2.93 bits per heavy atom. The minimum atomic E-state index is -0.0221. The second kappa shape index (κ2) is 7.88. The molecule has 1 fully saturated rings. The maximum Gasteiger partial charge on any atom is 0.257 e. The fourth-order valence-corrected chi connectivity index (χ4v) is 3.83. The zero-order chi connectivity index (χ0) is 20.4. The van der Waals surface area contributed by atoms with E-state index in [1.54, 1.807) is 18.3 Å². The smallest absolute Gasteiger partial charge is 0.257 e. The van der Waals surface area contributed by atoms with Crippen molar-refractivity contribution in [3.05, 3.63) is 59.4 Å². The SMILES string of the molecule is Cc1ccc2c(Nc3cccc(C#N)c3)c(C(=O)N3CCCC[C@@H]3C)cnc2n1. The Hall–Kier alpha value is -3.46. The van der Waals surface area contributed by atoms with Crippen LogP contribution in [0.25, 0.3) is 11.0 Å². The molecule has 1 atom stereocenters. The second-order valence-electron chi connectivity index (χ2n) is 7.53. The molecule has 3 heterocycles. The Labute approximate surface area is 170 Å². The van der Waals surface area contributed by atoms with Gasteiger partial charge in [-0.15, -0.1) is 0 Å². The summed E-state index contributed by atoms with van der Waals surface area (Å²) >= 11 is 0. The number of piperidine rings is 1. The molecular weight excluding hydrogens is 362 g/mol. The Balaban J connectivity index is 1.83. The molecule has 1 aromatic carbocycles. The van der Waals surface area contributed by atoms with Crippen molar-refractivity contribution >= 4 is 28.3 Å². The molecule has 2 aromatic heterocycles. The molecular formula is C23H23N5O. The van der Waals surface area contributed by atoms with Crippen LogP contribution in [0, 0.1) is 18.3 Å². The van der Waals surface area contributed by atoms with Gasteiger partial charge < -0.3 is 10.2 Å². The molecule has 0 radical (unpaired) electrons. The van der Waals surface area contributed by atoms with Crippen molar-refractivity contribution < 1.29 is 4.79 Å². The molecule has 1 aliphatic heterocycles. The van der Waals surface area contributed by atoms with E-state index in [1.165, 1.54) is 0 Å². The lowest BCUT2D eigenvalue weighted by molar-refractivity contribution is 0.0636. The number of carbonyl (C=O) groups is 1. The van der Waals surface area contributed by atoms with Gasteiger partial charge in [0.15, 0.2) is 5.65 Å². The van der Waals surface area contributed by atoms with E-state index in [-0.39, 0.29) is 11.9 Å². The molecule has 0 unspecified atom stereocenters. The first kappa shape index (κ1) is 18.9. The highest BCUT2D eigenvalue weighted by molar-refractivity contribution is 6.07. The number of anilines is 2. The van der Waals surface area contributed by atoms with Gasteiger partial charge in [0, 0.05) is 35.6 Å². The van der Waals surface area contributed by atoms with Crippen molar-refractivity contribution in [1.82, 2.24) is 14.9 Å². The third-order valence-electron chi connectivity index (χ3n) is 5.42. The number of rotatable bonds is 3. The third kappa shape index (κ3) is 3.77. The van der Waals surface area contributed by atoms with Crippen LogP contribution in [-0.4, -0.2) is 33.4 Å². The van der Waals surface area contributed by atoms with Crippen molar-refractivity contribution in [3.8, 4) is 6.07 Å². The van der Waals surface area contributed by atoms with Crippen LogP contribution in [0.4, 0.5) is 11.4 Å². The predicted molar refractivity (Wildman–Crippen MR) is 113 cm³/mol. The summed E-state index contributed by atoms with van der Waals surface area (Å²) < 4.78 is 0. The Morgan fingerprint density at radius 1 is 1.28 bits per heavy atom. The standard InChI is InChI=1S/C23H23N5O/c1-15-9-10-19-21(27-18-8-5-7-17(12-18)13-24)20(14-25-22(19)26-15)23(29)28-11-4-3-6-16(28)2/h5,7-10,12,14,16H,3-4,6,11H2,1-2H3,(H,25,26,27)/t16-/m0/s1. The van der Waals surface area contributed by atoms with Gasteiger partial charge in [-0.2, -0.15) is 5.26 Å². The minimum absolute atomic E-state index is 0.0221. The molecule has 0 saturated carbocycles. The van der Waals surface area contributed by atoms with E-state index in [0.717, 1.165) is 42.6 Å². The summed E-state index contributed by atoms with van der Waals surface area (Å²) in [5, 5.41) is 13.4. The molecule has 1 amide bonds. The highest BCUT2D eigenvalue weighted by Gasteiger charge is 2.27. The van der Waals surface area contributed by atoms with Crippen molar-refractivity contribution in [1.29, 1.82) is 5.26 Å². The summed E-state index contributed by atoms with van der Waals surface area (Å²) in [6, 6.07) is 13.4. The van der Waals surface area contributed by atoms with Crippen molar-refractivity contribution in [3.63, 3.8) is 0 Å². The largest absolute Gasteiger partial charge is 0.354 e. The Bertz CT molecular complexity index is 1120. The van der Waals surface area contributed by atoms with Gasteiger partial charge in [-0.1, -0.05) is 6.07 Å². The number of pyridine rings is 2. The number of nitrogens with one attached hydrogen (secondary N) is 1. The van der Waals surface area contributed by atoms with Gasteiger partial charge in [0.2, 0.25) is 0 Å². The molecule has 29 heavy (non-hydrogen) atoms. The number of aryl methyl sites for hydroxylation is 1. The average Bonchev–Trinajstić information content (AvgIpc) is 2.74. The number of aromatic nitrogens is 2. The van der Waals surface area contributed by atoms with Crippen LogP contribution >= 0.6 is 0 Å². The molecule has 0 aliphatic carbocycles. The number of hydrogen-bond acceptors (Lipinski definition) is 5. The number of nitriles is 1. The van der Waals surface area contributed by atoms with Crippen molar-refractivity contribution in [2.24, 2.45) is 0 Å². The average molecular weight is 385 g/mol. The van der Waals surface area contributed by atoms with Gasteiger partial charge in [-0.05, 0) is 63.4 Å². The van der Waals surface area contributed by atoms with Crippen LogP contribution in [0.2, 0.25) is 0 Å². The monoisotopic (exact) mass is 385 g/mol. The Morgan fingerprint density at radius 2 is 2.14 bits per heavy atom. The van der Waals surface area contributed by atoms with Crippen LogP contribution in [-0.2, 0) is 0 Å². The van der Waals surface area contributed by atoms with Gasteiger partial charge >= 0.3 is 0 Å². The van der Waals surface area contributed by atoms with Gasteiger partial charge in [0.05, 0.1) is 22.9 Å². The van der Waals surface area contributed by atoms with Gasteiger partial charge in [-0.25, -0.2) is 9.97 Å². The van der Waals surface area contributed by atoms with Crippen LogP contribution < -0.4 is 5.32 Å². The normalized spacial score (nSPS) is 16.4. The van der Waals surface area contributed by atoms with E-state index in [9.17, 15) is 10.1 Å². The quantitative estimate of drug-likeness (QED) is 0.714. The van der Waals surface area contributed by atoms with Crippen molar-refractivity contribution in [2.45, 2.75) is 39.2 Å². The predicted octanol–water partition coefficient (Wildman–Crippen LogP) is 4.57. The zero-order valence-electron chi connectivity index (χ0n) is 16.6. The van der Waals surface area contributed by atoms with E-state index in [2.05, 4.69) is 28.3 Å². The second-order valence-corrected chi connectivity index (χ2v) is 7.53.